The van der Waals surface area contributed by atoms with E-state index in [1.807, 2.05) is 0 Å². The Balaban J connectivity index is 2.93. The number of alkyl halides is 1. The van der Waals surface area contributed by atoms with Crippen LogP contribution < -0.4 is 0 Å². The molecule has 0 aromatic heterocycles. The van der Waals surface area contributed by atoms with Crippen LogP contribution in [0.25, 0.3) is 0 Å². The van der Waals surface area contributed by atoms with E-state index in [-0.39, 0.29) is 0 Å². The third-order valence-corrected chi connectivity index (χ3v) is 2.42. The van der Waals surface area contributed by atoms with Crippen LogP contribution >= 0.6 is 11.6 Å². The highest BCUT2D eigenvalue weighted by atomic mass is 35.5. The summed E-state index contributed by atoms with van der Waals surface area (Å²) in [5.41, 5.74) is 0. The summed E-state index contributed by atoms with van der Waals surface area (Å²) in [5.74, 6) is 2.89. The summed E-state index contributed by atoms with van der Waals surface area (Å²) in [6.45, 7) is 6.25. The summed E-state index contributed by atoms with van der Waals surface area (Å²) in [4.78, 5) is 0. The molecule has 0 aliphatic rings. The molecule has 0 bridgehead atoms. The molecule has 0 amide bonds. The first-order chi connectivity index (χ1) is 10.9. The molecule has 0 atom stereocenters. The molecule has 0 aromatic carbocycles. The quantitative estimate of drug-likeness (QED) is 0.211. The van der Waals surface area contributed by atoms with Gasteiger partial charge in [0.25, 0.3) is 0 Å². The Labute approximate surface area is 138 Å². The Hall–Kier alpha value is -0.390. The molecule has 22 heavy (non-hydrogen) atoms. The highest BCUT2D eigenvalue weighted by Gasteiger charge is 1.93. The second-order valence-corrected chi connectivity index (χ2v) is 4.39. The van der Waals surface area contributed by atoms with Crippen LogP contribution in [0, 0.1) is 12.3 Å². The normalized spacial score (nSPS) is 10.7. The summed E-state index contributed by atoms with van der Waals surface area (Å²) < 4.78 is 31.5. The zero-order valence-electron chi connectivity index (χ0n) is 13.1. The van der Waals surface area contributed by atoms with Crippen molar-refractivity contribution in [1.29, 1.82) is 0 Å². The standard InChI is InChI=1S/C15H27ClO6/c1-2-4-17-6-8-19-10-12-21-14-15-22-13-11-20-9-7-18-5-3-16/h1H,3-15H2. The molecular formula is C15H27ClO6. The molecule has 6 nitrogen and oxygen atoms in total. The van der Waals surface area contributed by atoms with Crippen molar-refractivity contribution in [3.8, 4) is 12.3 Å². The fourth-order valence-corrected chi connectivity index (χ4v) is 1.39. The maximum absolute atomic E-state index is 5.46. The van der Waals surface area contributed by atoms with Crippen molar-refractivity contribution in [3.63, 3.8) is 0 Å². The number of hydrogen-bond donors (Lipinski definition) is 0. The largest absolute Gasteiger partial charge is 0.378 e. The van der Waals surface area contributed by atoms with Crippen LogP contribution in [0.15, 0.2) is 0 Å². The van der Waals surface area contributed by atoms with Crippen LogP contribution in [0.5, 0.6) is 0 Å². The molecular weight excluding hydrogens is 312 g/mol. The first kappa shape index (κ1) is 21.6. The molecule has 0 saturated heterocycles. The molecule has 0 saturated carbocycles. The molecule has 0 fully saturated rings. The summed E-state index contributed by atoms with van der Waals surface area (Å²) >= 11 is 5.46. The molecule has 0 aliphatic carbocycles. The number of halogens is 1. The van der Waals surface area contributed by atoms with Crippen LogP contribution in [0.3, 0.4) is 0 Å². The number of terminal acetylenes is 1. The van der Waals surface area contributed by atoms with Gasteiger partial charge in [0.2, 0.25) is 0 Å². The fraction of sp³-hybridized carbons (Fsp3) is 0.867. The summed E-state index contributed by atoms with van der Waals surface area (Å²) in [6.07, 6.45) is 5.03. The molecule has 130 valence electrons. The Morgan fingerprint density at radius 2 is 0.864 bits per heavy atom. The Kier molecular flexibility index (Phi) is 20.2. The Bertz CT molecular complexity index is 247. The van der Waals surface area contributed by atoms with Crippen LogP contribution in [0.4, 0.5) is 0 Å². The van der Waals surface area contributed by atoms with Crippen LogP contribution in [-0.2, 0) is 28.4 Å². The predicted molar refractivity (Wildman–Crippen MR) is 84.5 cm³/mol. The first-order valence-corrected chi connectivity index (χ1v) is 7.91. The van der Waals surface area contributed by atoms with E-state index in [0.29, 0.717) is 85.2 Å². The third-order valence-electron chi connectivity index (χ3n) is 2.27. The first-order valence-electron chi connectivity index (χ1n) is 7.37. The van der Waals surface area contributed by atoms with E-state index in [4.69, 9.17) is 46.4 Å². The Morgan fingerprint density at radius 1 is 0.545 bits per heavy atom. The lowest BCUT2D eigenvalue weighted by Gasteiger charge is -2.07. The van der Waals surface area contributed by atoms with Crippen molar-refractivity contribution in [2.75, 3.05) is 85.2 Å². The fourth-order valence-electron chi connectivity index (χ4n) is 1.29. The minimum Gasteiger partial charge on any atom is -0.378 e. The molecule has 0 N–H and O–H groups in total. The van der Waals surface area contributed by atoms with E-state index in [9.17, 15) is 0 Å². The van der Waals surface area contributed by atoms with Crippen molar-refractivity contribution >= 4 is 11.6 Å². The van der Waals surface area contributed by atoms with Gasteiger partial charge in [-0.1, -0.05) is 5.92 Å². The molecule has 0 spiro atoms. The molecule has 0 unspecified atom stereocenters. The zero-order valence-corrected chi connectivity index (χ0v) is 13.9. The van der Waals surface area contributed by atoms with Gasteiger partial charge in [-0.2, -0.15) is 0 Å². The van der Waals surface area contributed by atoms with Gasteiger partial charge in [0.1, 0.15) is 6.61 Å². The minimum absolute atomic E-state index is 0.321. The maximum atomic E-state index is 5.46. The molecule has 7 heteroatoms. The second kappa shape index (κ2) is 20.6. The number of ether oxygens (including phenoxy) is 6. The van der Waals surface area contributed by atoms with Crippen molar-refractivity contribution in [2.45, 2.75) is 0 Å². The Morgan fingerprint density at radius 3 is 1.18 bits per heavy atom. The van der Waals surface area contributed by atoms with Gasteiger partial charge < -0.3 is 28.4 Å². The van der Waals surface area contributed by atoms with Gasteiger partial charge in [0, 0.05) is 5.88 Å². The highest BCUT2D eigenvalue weighted by Crippen LogP contribution is 1.84. The minimum atomic E-state index is 0.321. The lowest BCUT2D eigenvalue weighted by Crippen LogP contribution is -2.14. The van der Waals surface area contributed by atoms with E-state index in [1.165, 1.54) is 0 Å². The smallest absolute Gasteiger partial charge is 0.107 e. The van der Waals surface area contributed by atoms with Crippen molar-refractivity contribution in [1.82, 2.24) is 0 Å². The average Bonchev–Trinajstić information content (AvgIpc) is 2.54. The van der Waals surface area contributed by atoms with Gasteiger partial charge in [-0.25, -0.2) is 0 Å². The average molecular weight is 339 g/mol. The van der Waals surface area contributed by atoms with E-state index < -0.39 is 0 Å². The van der Waals surface area contributed by atoms with Crippen LogP contribution in [0.1, 0.15) is 0 Å². The number of hydrogen-bond acceptors (Lipinski definition) is 6. The SMILES string of the molecule is C#CCOCCOCCOCCOCCOCCOCCCl. The summed E-state index contributed by atoms with van der Waals surface area (Å²) in [7, 11) is 0. The topological polar surface area (TPSA) is 55.4 Å². The maximum Gasteiger partial charge on any atom is 0.107 e. The molecule has 0 aliphatic heterocycles. The zero-order chi connectivity index (χ0) is 16.1. The lowest BCUT2D eigenvalue weighted by atomic mass is 10.7. The second-order valence-electron chi connectivity index (χ2n) is 4.01. The van der Waals surface area contributed by atoms with E-state index in [2.05, 4.69) is 5.92 Å². The van der Waals surface area contributed by atoms with Crippen molar-refractivity contribution in [3.05, 3.63) is 0 Å². The summed E-state index contributed by atoms with van der Waals surface area (Å²) in [6, 6.07) is 0. The van der Waals surface area contributed by atoms with E-state index in [1.54, 1.807) is 0 Å². The molecule has 0 heterocycles. The highest BCUT2D eigenvalue weighted by molar-refractivity contribution is 6.17. The van der Waals surface area contributed by atoms with Gasteiger partial charge in [-0.05, 0) is 0 Å². The molecule has 0 aromatic rings. The summed E-state index contributed by atoms with van der Waals surface area (Å²) in [5, 5.41) is 0. The predicted octanol–water partition coefficient (Wildman–Crippen LogP) is 0.958. The van der Waals surface area contributed by atoms with Crippen LogP contribution in [0.2, 0.25) is 0 Å². The number of rotatable bonds is 18. The lowest BCUT2D eigenvalue weighted by molar-refractivity contribution is -0.0148. The van der Waals surface area contributed by atoms with Crippen molar-refractivity contribution < 1.29 is 28.4 Å². The van der Waals surface area contributed by atoms with E-state index in [0.717, 1.165) is 0 Å². The monoisotopic (exact) mass is 338 g/mol. The molecule has 0 rings (SSSR count). The van der Waals surface area contributed by atoms with Crippen LogP contribution in [-0.4, -0.2) is 85.2 Å². The van der Waals surface area contributed by atoms with Gasteiger partial charge in [-0.3, -0.25) is 0 Å². The van der Waals surface area contributed by atoms with Gasteiger partial charge in [0.05, 0.1) is 72.7 Å². The van der Waals surface area contributed by atoms with Gasteiger partial charge >= 0.3 is 0 Å². The molecule has 0 radical (unpaired) electrons. The van der Waals surface area contributed by atoms with Gasteiger partial charge in [-0.15, -0.1) is 18.0 Å². The van der Waals surface area contributed by atoms with Gasteiger partial charge in [0.15, 0.2) is 0 Å². The third kappa shape index (κ3) is 19.6. The van der Waals surface area contributed by atoms with Crippen molar-refractivity contribution in [2.24, 2.45) is 0 Å². The van der Waals surface area contributed by atoms with E-state index >= 15 is 0 Å².